The summed E-state index contributed by atoms with van der Waals surface area (Å²) < 4.78 is 28.0. The maximum Gasteiger partial charge on any atom is 0.253 e. The molecular formula is C23H28N4O3S. The van der Waals surface area contributed by atoms with Crippen molar-refractivity contribution in [1.82, 2.24) is 9.62 Å². The number of nitrogens with one attached hydrogen (secondary N) is 2. The predicted octanol–water partition coefficient (Wildman–Crippen LogP) is 2.87. The number of para-hydroxylation sites is 1. The van der Waals surface area contributed by atoms with E-state index in [1.807, 2.05) is 35.2 Å². The van der Waals surface area contributed by atoms with Crippen molar-refractivity contribution in [2.75, 3.05) is 36.4 Å². The van der Waals surface area contributed by atoms with Crippen LogP contribution in [0.2, 0.25) is 0 Å². The average molecular weight is 441 g/mol. The molecule has 8 heteroatoms. The minimum Gasteiger partial charge on any atom is -0.372 e. The number of carbonyl (C=O) groups excluding carboxylic acids is 1. The molecule has 1 amide bonds. The first-order chi connectivity index (χ1) is 15.0. The van der Waals surface area contributed by atoms with Crippen LogP contribution in [0.4, 0.5) is 11.4 Å². The second-order valence-corrected chi connectivity index (χ2v) is 10.3. The number of benzene rings is 2. The van der Waals surface area contributed by atoms with Crippen LogP contribution in [0.3, 0.4) is 0 Å². The first kappa shape index (κ1) is 20.3. The Hall–Kier alpha value is -2.58. The third-order valence-electron chi connectivity index (χ3n) is 6.65. The molecule has 164 valence electrons. The summed E-state index contributed by atoms with van der Waals surface area (Å²) in [6, 6.07) is 14.9. The summed E-state index contributed by atoms with van der Waals surface area (Å²) >= 11 is 0. The number of likely N-dealkylation sites (tertiary alicyclic amines) is 1. The van der Waals surface area contributed by atoms with Gasteiger partial charge in [-0.1, -0.05) is 12.1 Å². The van der Waals surface area contributed by atoms with Crippen LogP contribution < -0.4 is 14.9 Å². The van der Waals surface area contributed by atoms with Crippen molar-refractivity contribution in [2.45, 2.75) is 36.7 Å². The third kappa shape index (κ3) is 4.02. The standard InChI is InChI=1S/C23H28N4O3S/c28-23(18-7-9-19(10-8-18)26-13-3-4-14-26)27-15-11-17(12-16-27)22-24-20-5-1-2-6-21(20)31(29,30)25-22/h1-2,5-10,17,22,24-25H,3-4,11-16H2/t22-/m0/s1. The van der Waals surface area contributed by atoms with Gasteiger partial charge in [-0.15, -0.1) is 0 Å². The molecule has 3 aliphatic rings. The van der Waals surface area contributed by atoms with E-state index in [1.165, 1.54) is 18.5 Å². The van der Waals surface area contributed by atoms with E-state index in [0.29, 0.717) is 24.3 Å². The fourth-order valence-corrected chi connectivity index (χ4v) is 6.26. The Balaban J connectivity index is 1.21. The smallest absolute Gasteiger partial charge is 0.253 e. The number of sulfonamides is 1. The zero-order chi connectivity index (χ0) is 21.4. The van der Waals surface area contributed by atoms with Gasteiger partial charge >= 0.3 is 0 Å². The summed E-state index contributed by atoms with van der Waals surface area (Å²) in [5.41, 5.74) is 2.54. The fourth-order valence-electron chi connectivity index (χ4n) is 4.87. The molecule has 0 aromatic heterocycles. The minimum absolute atomic E-state index is 0.0500. The lowest BCUT2D eigenvalue weighted by molar-refractivity contribution is 0.0679. The molecule has 3 heterocycles. The van der Waals surface area contributed by atoms with Crippen molar-refractivity contribution in [2.24, 2.45) is 5.92 Å². The molecule has 2 saturated heterocycles. The lowest BCUT2D eigenvalue weighted by Gasteiger charge is -2.39. The number of nitrogens with zero attached hydrogens (tertiary/aromatic N) is 2. The van der Waals surface area contributed by atoms with E-state index in [0.717, 1.165) is 25.9 Å². The zero-order valence-corrected chi connectivity index (χ0v) is 18.3. The molecule has 0 spiro atoms. The molecule has 0 radical (unpaired) electrons. The normalized spacial score (nSPS) is 23.3. The number of piperidine rings is 1. The van der Waals surface area contributed by atoms with E-state index < -0.39 is 10.0 Å². The SMILES string of the molecule is O=C(c1ccc(N2CCCC2)cc1)N1CCC([C@H]2Nc3ccccc3S(=O)(=O)N2)CC1. The molecule has 0 unspecified atom stereocenters. The third-order valence-corrected chi connectivity index (χ3v) is 8.15. The van der Waals surface area contributed by atoms with Gasteiger partial charge in [-0.3, -0.25) is 4.79 Å². The number of hydrogen-bond donors (Lipinski definition) is 2. The number of carbonyl (C=O) groups is 1. The van der Waals surface area contributed by atoms with Crippen molar-refractivity contribution in [3.8, 4) is 0 Å². The Morgan fingerprint density at radius 2 is 1.58 bits per heavy atom. The number of hydrogen-bond acceptors (Lipinski definition) is 5. The van der Waals surface area contributed by atoms with E-state index >= 15 is 0 Å². The molecule has 2 fully saturated rings. The molecule has 0 aliphatic carbocycles. The Morgan fingerprint density at radius 1 is 0.903 bits per heavy atom. The van der Waals surface area contributed by atoms with Gasteiger partial charge in [0.1, 0.15) is 4.90 Å². The first-order valence-corrected chi connectivity index (χ1v) is 12.5. The molecule has 1 atom stereocenters. The molecule has 3 aliphatic heterocycles. The van der Waals surface area contributed by atoms with Gasteiger partial charge in [-0.2, -0.15) is 4.72 Å². The summed E-state index contributed by atoms with van der Waals surface area (Å²) in [7, 11) is -3.52. The minimum atomic E-state index is -3.52. The number of fused-ring (bicyclic) bond motifs is 1. The lowest BCUT2D eigenvalue weighted by Crippen LogP contribution is -2.52. The van der Waals surface area contributed by atoms with Gasteiger partial charge in [0.2, 0.25) is 10.0 Å². The molecule has 5 rings (SSSR count). The van der Waals surface area contributed by atoms with Crippen LogP contribution >= 0.6 is 0 Å². The second-order valence-electron chi connectivity index (χ2n) is 8.61. The van der Waals surface area contributed by atoms with Gasteiger partial charge in [0.25, 0.3) is 5.91 Å². The zero-order valence-electron chi connectivity index (χ0n) is 17.5. The quantitative estimate of drug-likeness (QED) is 0.767. The summed E-state index contributed by atoms with van der Waals surface area (Å²) in [6.45, 7) is 3.42. The van der Waals surface area contributed by atoms with Gasteiger partial charge in [-0.05, 0) is 68.0 Å². The second kappa shape index (κ2) is 8.16. The largest absolute Gasteiger partial charge is 0.372 e. The van der Waals surface area contributed by atoms with Crippen molar-refractivity contribution in [3.63, 3.8) is 0 Å². The predicted molar refractivity (Wildman–Crippen MR) is 121 cm³/mol. The molecule has 2 aromatic carbocycles. The highest BCUT2D eigenvalue weighted by Crippen LogP contribution is 2.31. The van der Waals surface area contributed by atoms with Gasteiger partial charge in [0, 0.05) is 37.4 Å². The molecule has 2 aromatic rings. The highest BCUT2D eigenvalue weighted by Gasteiger charge is 2.35. The molecule has 2 N–H and O–H groups in total. The molecule has 0 saturated carbocycles. The number of anilines is 2. The van der Waals surface area contributed by atoms with E-state index in [1.54, 1.807) is 18.2 Å². The lowest BCUT2D eigenvalue weighted by atomic mass is 9.93. The number of rotatable bonds is 3. The Morgan fingerprint density at radius 3 is 2.29 bits per heavy atom. The van der Waals surface area contributed by atoms with Gasteiger partial charge in [0.05, 0.1) is 11.9 Å². The summed E-state index contributed by atoms with van der Waals surface area (Å²) in [5.74, 6) is 0.179. The van der Waals surface area contributed by atoms with E-state index in [9.17, 15) is 13.2 Å². The van der Waals surface area contributed by atoms with E-state index in [2.05, 4.69) is 14.9 Å². The summed E-state index contributed by atoms with van der Waals surface area (Å²) in [6.07, 6.45) is 3.61. The van der Waals surface area contributed by atoms with Gasteiger partial charge in [-0.25, -0.2) is 8.42 Å². The van der Waals surface area contributed by atoms with Crippen LogP contribution in [0.25, 0.3) is 0 Å². The van der Waals surface area contributed by atoms with Crippen molar-refractivity contribution >= 4 is 27.3 Å². The van der Waals surface area contributed by atoms with E-state index in [4.69, 9.17) is 0 Å². The molecule has 7 nitrogen and oxygen atoms in total. The fraction of sp³-hybridized carbons (Fsp3) is 0.435. The summed E-state index contributed by atoms with van der Waals surface area (Å²) in [4.78, 5) is 17.5. The molecular weight excluding hydrogens is 412 g/mol. The maximum absolute atomic E-state index is 13.0. The number of amides is 1. The van der Waals surface area contributed by atoms with Crippen molar-refractivity contribution in [1.29, 1.82) is 0 Å². The topological polar surface area (TPSA) is 81.8 Å². The first-order valence-electron chi connectivity index (χ1n) is 11.0. The van der Waals surface area contributed by atoms with Crippen LogP contribution in [-0.4, -0.2) is 51.6 Å². The molecule has 31 heavy (non-hydrogen) atoms. The highest BCUT2D eigenvalue weighted by molar-refractivity contribution is 7.89. The maximum atomic E-state index is 13.0. The van der Waals surface area contributed by atoms with Crippen LogP contribution in [-0.2, 0) is 10.0 Å². The monoisotopic (exact) mass is 440 g/mol. The van der Waals surface area contributed by atoms with E-state index in [-0.39, 0.29) is 22.9 Å². The van der Waals surface area contributed by atoms with Crippen LogP contribution in [0.5, 0.6) is 0 Å². The van der Waals surface area contributed by atoms with Gasteiger partial charge in [0.15, 0.2) is 0 Å². The Kier molecular flexibility index (Phi) is 5.35. The summed E-state index contributed by atoms with van der Waals surface area (Å²) in [5, 5.41) is 3.33. The Bertz CT molecular complexity index is 1060. The van der Waals surface area contributed by atoms with Crippen molar-refractivity contribution < 1.29 is 13.2 Å². The average Bonchev–Trinajstić information content (AvgIpc) is 3.33. The Labute approximate surface area is 183 Å². The van der Waals surface area contributed by atoms with Crippen LogP contribution in [0.1, 0.15) is 36.0 Å². The van der Waals surface area contributed by atoms with Crippen molar-refractivity contribution in [3.05, 3.63) is 54.1 Å². The highest BCUT2D eigenvalue weighted by atomic mass is 32.2. The van der Waals surface area contributed by atoms with Crippen LogP contribution in [0.15, 0.2) is 53.4 Å². The van der Waals surface area contributed by atoms with Gasteiger partial charge < -0.3 is 15.1 Å². The molecule has 0 bridgehead atoms. The van der Waals surface area contributed by atoms with Crippen LogP contribution in [0, 0.1) is 5.92 Å².